The first kappa shape index (κ1) is 12.0. The van der Waals surface area contributed by atoms with E-state index >= 15 is 0 Å². The zero-order valence-electron chi connectivity index (χ0n) is 12.3. The monoisotopic (exact) mass is 268 g/mol. The molecule has 1 saturated heterocycles. The topological polar surface area (TPSA) is 36.1 Å². The number of rotatable bonds is 0. The van der Waals surface area contributed by atoms with Crippen LogP contribution in [-0.2, 0) is 16.8 Å². The fraction of sp³-hybridized carbons (Fsp3) is 0.471. The van der Waals surface area contributed by atoms with Crippen molar-refractivity contribution in [1.82, 2.24) is 9.88 Å². The molecule has 0 spiro atoms. The van der Waals surface area contributed by atoms with E-state index in [1.807, 2.05) is 0 Å². The second-order valence-corrected chi connectivity index (χ2v) is 6.52. The summed E-state index contributed by atoms with van der Waals surface area (Å²) in [6, 6.07) is 6.42. The lowest BCUT2D eigenvalue weighted by Crippen LogP contribution is -2.48. The van der Waals surface area contributed by atoms with Crippen LogP contribution in [0.25, 0.3) is 10.9 Å². The lowest BCUT2D eigenvalue weighted by molar-refractivity contribution is -0.131. The van der Waals surface area contributed by atoms with Crippen LogP contribution in [0.3, 0.4) is 0 Å². The van der Waals surface area contributed by atoms with Crippen molar-refractivity contribution < 1.29 is 4.79 Å². The molecule has 1 amide bonds. The van der Waals surface area contributed by atoms with E-state index in [2.05, 4.69) is 48.9 Å². The minimum atomic E-state index is -0.157. The average Bonchev–Trinajstić information content (AvgIpc) is 2.89. The van der Waals surface area contributed by atoms with E-state index < -0.39 is 0 Å². The Kier molecular flexibility index (Phi) is 2.20. The van der Waals surface area contributed by atoms with Gasteiger partial charge in [-0.25, -0.2) is 0 Å². The van der Waals surface area contributed by atoms with Crippen molar-refractivity contribution in [1.29, 1.82) is 0 Å². The number of benzene rings is 1. The first-order chi connectivity index (χ1) is 9.53. The van der Waals surface area contributed by atoms with E-state index in [0.29, 0.717) is 18.2 Å². The Morgan fingerprint density at radius 3 is 3.00 bits per heavy atom. The van der Waals surface area contributed by atoms with Gasteiger partial charge in [-0.15, -0.1) is 0 Å². The van der Waals surface area contributed by atoms with Gasteiger partial charge in [0.1, 0.15) is 0 Å². The van der Waals surface area contributed by atoms with Gasteiger partial charge in [0.2, 0.25) is 5.91 Å². The van der Waals surface area contributed by atoms with Gasteiger partial charge in [0, 0.05) is 29.6 Å². The van der Waals surface area contributed by atoms with Gasteiger partial charge >= 0.3 is 0 Å². The van der Waals surface area contributed by atoms with Gasteiger partial charge in [0.25, 0.3) is 0 Å². The van der Waals surface area contributed by atoms with Crippen LogP contribution in [0.15, 0.2) is 18.2 Å². The molecule has 2 aromatic rings. The van der Waals surface area contributed by atoms with Crippen LogP contribution < -0.4 is 0 Å². The van der Waals surface area contributed by atoms with Crippen molar-refractivity contribution in [2.75, 3.05) is 6.54 Å². The number of amides is 1. The normalized spacial score (nSPS) is 28.9. The van der Waals surface area contributed by atoms with E-state index in [1.54, 1.807) is 0 Å². The van der Waals surface area contributed by atoms with Crippen LogP contribution in [0.4, 0.5) is 0 Å². The van der Waals surface area contributed by atoms with Crippen molar-refractivity contribution in [3.63, 3.8) is 0 Å². The SMILES string of the molecule is Cc1cccc2[nH]c3c(c12)CCN1C(=O)C[C@@H](C)[C@]31C. The van der Waals surface area contributed by atoms with Gasteiger partial charge in [-0.2, -0.15) is 0 Å². The van der Waals surface area contributed by atoms with Gasteiger partial charge < -0.3 is 9.88 Å². The lowest BCUT2D eigenvalue weighted by Gasteiger charge is -2.42. The van der Waals surface area contributed by atoms with Gasteiger partial charge in [0.15, 0.2) is 0 Å². The number of H-pyrrole nitrogens is 1. The molecule has 2 aliphatic heterocycles. The summed E-state index contributed by atoms with van der Waals surface area (Å²) in [5.41, 5.74) is 5.08. The summed E-state index contributed by atoms with van der Waals surface area (Å²) in [6.45, 7) is 7.46. The Morgan fingerprint density at radius 2 is 2.20 bits per heavy atom. The molecule has 1 fully saturated rings. The molecule has 1 N–H and O–H groups in total. The third-order valence-electron chi connectivity index (χ3n) is 5.53. The maximum atomic E-state index is 12.2. The second-order valence-electron chi connectivity index (χ2n) is 6.52. The highest BCUT2D eigenvalue weighted by atomic mass is 16.2. The molecule has 3 heterocycles. The largest absolute Gasteiger partial charge is 0.356 e. The van der Waals surface area contributed by atoms with Crippen LogP contribution in [0.1, 0.15) is 37.1 Å². The number of hydrogen-bond donors (Lipinski definition) is 1. The molecule has 0 bridgehead atoms. The third kappa shape index (κ3) is 1.23. The first-order valence-corrected chi connectivity index (χ1v) is 7.44. The highest BCUT2D eigenvalue weighted by molar-refractivity contribution is 5.90. The average molecular weight is 268 g/mol. The third-order valence-corrected chi connectivity index (χ3v) is 5.53. The van der Waals surface area contributed by atoms with Crippen LogP contribution in [-0.4, -0.2) is 22.3 Å². The summed E-state index contributed by atoms with van der Waals surface area (Å²) >= 11 is 0. The summed E-state index contributed by atoms with van der Waals surface area (Å²) in [4.78, 5) is 17.9. The van der Waals surface area contributed by atoms with Crippen molar-refractivity contribution in [3.8, 4) is 0 Å². The standard InChI is InChI=1S/C17H20N2O/c1-10-5-4-6-13-15(10)12-7-8-19-14(20)9-11(2)17(19,3)16(12)18-13/h4-6,11,18H,7-9H2,1-3H3/t11-,17-/m1/s1. The molecule has 2 atom stereocenters. The number of carbonyl (C=O) groups is 1. The summed E-state index contributed by atoms with van der Waals surface area (Å²) in [6.07, 6.45) is 1.64. The summed E-state index contributed by atoms with van der Waals surface area (Å²) in [5, 5.41) is 1.37. The summed E-state index contributed by atoms with van der Waals surface area (Å²) < 4.78 is 0. The van der Waals surface area contributed by atoms with E-state index in [4.69, 9.17) is 0 Å². The zero-order chi connectivity index (χ0) is 14.1. The second kappa shape index (κ2) is 3.66. The van der Waals surface area contributed by atoms with Gasteiger partial charge in [-0.05, 0) is 43.4 Å². The highest BCUT2D eigenvalue weighted by Crippen LogP contribution is 2.48. The van der Waals surface area contributed by atoms with Gasteiger partial charge in [0.05, 0.1) is 5.54 Å². The summed E-state index contributed by atoms with van der Waals surface area (Å²) in [5.74, 6) is 0.670. The quantitative estimate of drug-likeness (QED) is 0.783. The fourth-order valence-electron chi connectivity index (χ4n) is 4.25. The lowest BCUT2D eigenvalue weighted by atomic mass is 9.80. The van der Waals surface area contributed by atoms with Crippen molar-refractivity contribution in [2.45, 2.75) is 39.2 Å². The highest BCUT2D eigenvalue weighted by Gasteiger charge is 2.52. The molecule has 3 heteroatoms. The molecular formula is C17H20N2O. The minimum Gasteiger partial charge on any atom is -0.356 e. The molecule has 1 aromatic carbocycles. The van der Waals surface area contributed by atoms with E-state index in [0.717, 1.165) is 13.0 Å². The molecule has 2 aliphatic rings. The van der Waals surface area contributed by atoms with E-state index in [-0.39, 0.29) is 5.54 Å². The Balaban J connectivity index is 2.04. The van der Waals surface area contributed by atoms with Crippen LogP contribution in [0.5, 0.6) is 0 Å². The van der Waals surface area contributed by atoms with Crippen LogP contribution >= 0.6 is 0 Å². The number of hydrogen-bond acceptors (Lipinski definition) is 1. The van der Waals surface area contributed by atoms with E-state index in [9.17, 15) is 4.79 Å². The van der Waals surface area contributed by atoms with Crippen LogP contribution in [0.2, 0.25) is 0 Å². The molecule has 20 heavy (non-hydrogen) atoms. The minimum absolute atomic E-state index is 0.157. The fourth-order valence-corrected chi connectivity index (χ4v) is 4.25. The smallest absolute Gasteiger partial charge is 0.223 e. The number of aryl methyl sites for hydroxylation is 1. The van der Waals surface area contributed by atoms with Gasteiger partial charge in [-0.3, -0.25) is 4.79 Å². The predicted octanol–water partition coefficient (Wildman–Crippen LogP) is 3.12. The maximum Gasteiger partial charge on any atom is 0.223 e. The molecule has 1 aromatic heterocycles. The Bertz CT molecular complexity index is 730. The molecule has 104 valence electrons. The predicted molar refractivity (Wildman–Crippen MR) is 79.6 cm³/mol. The molecule has 0 saturated carbocycles. The first-order valence-electron chi connectivity index (χ1n) is 7.44. The van der Waals surface area contributed by atoms with Gasteiger partial charge in [-0.1, -0.05) is 19.1 Å². The molecule has 3 nitrogen and oxygen atoms in total. The number of carbonyl (C=O) groups excluding carboxylic acids is 1. The zero-order valence-corrected chi connectivity index (χ0v) is 12.3. The number of fused-ring (bicyclic) bond motifs is 5. The molecule has 4 rings (SSSR count). The molecule has 0 aliphatic carbocycles. The number of nitrogens with zero attached hydrogens (tertiary/aromatic N) is 1. The Hall–Kier alpha value is -1.77. The molecule has 0 radical (unpaired) electrons. The maximum absolute atomic E-state index is 12.2. The number of aromatic nitrogens is 1. The Labute approximate surface area is 119 Å². The molecule has 0 unspecified atom stereocenters. The number of aromatic amines is 1. The van der Waals surface area contributed by atoms with Crippen molar-refractivity contribution in [2.24, 2.45) is 5.92 Å². The van der Waals surface area contributed by atoms with Crippen LogP contribution in [0, 0.1) is 12.8 Å². The van der Waals surface area contributed by atoms with E-state index in [1.165, 1.54) is 27.7 Å². The van der Waals surface area contributed by atoms with Crippen molar-refractivity contribution in [3.05, 3.63) is 35.0 Å². The summed E-state index contributed by atoms with van der Waals surface area (Å²) in [7, 11) is 0. The number of nitrogens with one attached hydrogen (secondary N) is 1. The molecular weight excluding hydrogens is 248 g/mol. The van der Waals surface area contributed by atoms with Crippen molar-refractivity contribution >= 4 is 16.8 Å². The Morgan fingerprint density at radius 1 is 1.40 bits per heavy atom.